The molecule has 1 aliphatic heterocycles. The molecule has 1 heterocycles. The second-order valence-corrected chi connectivity index (χ2v) is 3.64. The Morgan fingerprint density at radius 1 is 1.31 bits per heavy atom. The van der Waals surface area contributed by atoms with Crippen molar-refractivity contribution in [2.24, 2.45) is 0 Å². The minimum Gasteiger partial charge on any atom is -0.277 e. The SMILES string of the molecule is C#CCCN1C(=O)Cc2ccccc2C1=O. The Labute approximate surface area is 94.1 Å². The molecule has 3 nitrogen and oxygen atoms in total. The molecular formula is C13H11NO2. The first-order valence-corrected chi connectivity index (χ1v) is 5.10. The highest BCUT2D eigenvalue weighted by atomic mass is 16.2. The molecule has 0 radical (unpaired) electrons. The predicted octanol–water partition coefficient (Wildman–Crippen LogP) is 1.23. The Morgan fingerprint density at radius 2 is 2.06 bits per heavy atom. The number of fused-ring (bicyclic) bond motifs is 1. The van der Waals surface area contributed by atoms with Gasteiger partial charge in [0.05, 0.1) is 6.42 Å². The Hall–Kier alpha value is -2.08. The summed E-state index contributed by atoms with van der Waals surface area (Å²) in [6.45, 7) is 0.308. The van der Waals surface area contributed by atoms with Crippen molar-refractivity contribution in [3.05, 3.63) is 35.4 Å². The Bertz CT molecular complexity index is 485. The van der Waals surface area contributed by atoms with E-state index < -0.39 is 0 Å². The molecule has 1 aliphatic rings. The van der Waals surface area contributed by atoms with E-state index in [1.807, 2.05) is 12.1 Å². The van der Waals surface area contributed by atoms with E-state index in [-0.39, 0.29) is 18.2 Å². The van der Waals surface area contributed by atoms with Crippen molar-refractivity contribution in [2.45, 2.75) is 12.8 Å². The Balaban J connectivity index is 2.31. The molecule has 0 saturated carbocycles. The number of amides is 2. The standard InChI is InChI=1S/C13H11NO2/c1-2-3-8-14-12(15)9-10-6-4-5-7-11(10)13(14)16/h1,4-7H,3,8-9H2. The van der Waals surface area contributed by atoms with Crippen LogP contribution in [0.2, 0.25) is 0 Å². The van der Waals surface area contributed by atoms with Crippen molar-refractivity contribution in [2.75, 3.05) is 6.54 Å². The van der Waals surface area contributed by atoms with Crippen LogP contribution in [0.1, 0.15) is 22.3 Å². The van der Waals surface area contributed by atoms with Gasteiger partial charge >= 0.3 is 0 Å². The van der Waals surface area contributed by atoms with Crippen molar-refractivity contribution in [1.29, 1.82) is 0 Å². The zero-order valence-corrected chi connectivity index (χ0v) is 8.77. The predicted molar refractivity (Wildman–Crippen MR) is 59.6 cm³/mol. The molecule has 80 valence electrons. The monoisotopic (exact) mass is 213 g/mol. The number of rotatable bonds is 2. The lowest BCUT2D eigenvalue weighted by molar-refractivity contribution is -0.128. The maximum Gasteiger partial charge on any atom is 0.260 e. The molecule has 0 aliphatic carbocycles. The van der Waals surface area contributed by atoms with Crippen LogP contribution in [-0.2, 0) is 11.2 Å². The molecule has 1 aromatic rings. The van der Waals surface area contributed by atoms with E-state index in [4.69, 9.17) is 6.42 Å². The normalized spacial score (nSPS) is 14.6. The summed E-state index contributed by atoms with van der Waals surface area (Å²) in [5.74, 6) is 2.03. The molecule has 0 spiro atoms. The smallest absolute Gasteiger partial charge is 0.260 e. The van der Waals surface area contributed by atoms with Gasteiger partial charge in [-0.05, 0) is 11.6 Å². The number of carbonyl (C=O) groups is 2. The van der Waals surface area contributed by atoms with Crippen molar-refractivity contribution < 1.29 is 9.59 Å². The number of hydrogen-bond acceptors (Lipinski definition) is 2. The van der Waals surface area contributed by atoms with Crippen LogP contribution < -0.4 is 0 Å². The second-order valence-electron chi connectivity index (χ2n) is 3.64. The van der Waals surface area contributed by atoms with Crippen LogP contribution in [0.25, 0.3) is 0 Å². The van der Waals surface area contributed by atoms with Crippen molar-refractivity contribution in [3.8, 4) is 12.3 Å². The lowest BCUT2D eigenvalue weighted by atomic mass is 9.98. The van der Waals surface area contributed by atoms with Crippen LogP contribution in [0.15, 0.2) is 24.3 Å². The number of carbonyl (C=O) groups excluding carboxylic acids is 2. The lowest BCUT2D eigenvalue weighted by Crippen LogP contribution is -2.42. The number of imide groups is 1. The summed E-state index contributed by atoms with van der Waals surface area (Å²) in [5.41, 5.74) is 1.41. The van der Waals surface area contributed by atoms with Gasteiger partial charge in [0, 0.05) is 18.5 Å². The molecule has 3 heteroatoms. The van der Waals surface area contributed by atoms with E-state index >= 15 is 0 Å². The molecule has 0 bridgehead atoms. The van der Waals surface area contributed by atoms with Gasteiger partial charge in [0.1, 0.15) is 0 Å². The third kappa shape index (κ3) is 1.70. The highest BCUT2D eigenvalue weighted by molar-refractivity contribution is 6.09. The molecule has 2 rings (SSSR count). The van der Waals surface area contributed by atoms with Crippen LogP contribution in [-0.4, -0.2) is 23.3 Å². The fourth-order valence-electron chi connectivity index (χ4n) is 1.80. The van der Waals surface area contributed by atoms with Gasteiger partial charge in [0.2, 0.25) is 5.91 Å². The highest BCUT2D eigenvalue weighted by Gasteiger charge is 2.29. The average Bonchev–Trinajstić information content (AvgIpc) is 2.29. The summed E-state index contributed by atoms with van der Waals surface area (Å²) in [7, 11) is 0. The molecule has 2 amide bonds. The van der Waals surface area contributed by atoms with Crippen molar-refractivity contribution in [3.63, 3.8) is 0 Å². The largest absolute Gasteiger partial charge is 0.277 e. The zero-order chi connectivity index (χ0) is 11.5. The summed E-state index contributed by atoms with van der Waals surface area (Å²) in [4.78, 5) is 24.9. The second kappa shape index (κ2) is 4.19. The Morgan fingerprint density at radius 3 is 2.81 bits per heavy atom. The zero-order valence-electron chi connectivity index (χ0n) is 8.77. The third-order valence-electron chi connectivity index (χ3n) is 2.62. The number of terminal acetylenes is 1. The van der Waals surface area contributed by atoms with Crippen LogP contribution in [0.5, 0.6) is 0 Å². The van der Waals surface area contributed by atoms with E-state index in [9.17, 15) is 9.59 Å². The fourth-order valence-corrected chi connectivity index (χ4v) is 1.80. The minimum absolute atomic E-state index is 0.168. The third-order valence-corrected chi connectivity index (χ3v) is 2.62. The molecule has 16 heavy (non-hydrogen) atoms. The fraction of sp³-hybridized carbons (Fsp3) is 0.231. The van der Waals surface area contributed by atoms with E-state index in [0.717, 1.165) is 5.56 Å². The van der Waals surface area contributed by atoms with E-state index in [1.165, 1.54) is 4.90 Å². The minimum atomic E-state index is -0.234. The van der Waals surface area contributed by atoms with Gasteiger partial charge in [0.15, 0.2) is 0 Å². The maximum atomic E-state index is 12.0. The molecule has 0 unspecified atom stereocenters. The molecule has 0 atom stereocenters. The lowest BCUT2D eigenvalue weighted by Gasteiger charge is -2.26. The van der Waals surface area contributed by atoms with Crippen LogP contribution >= 0.6 is 0 Å². The Kier molecular flexibility index (Phi) is 2.74. The number of benzene rings is 1. The van der Waals surface area contributed by atoms with Crippen molar-refractivity contribution >= 4 is 11.8 Å². The molecule has 0 fully saturated rings. The number of hydrogen-bond donors (Lipinski definition) is 0. The van der Waals surface area contributed by atoms with Gasteiger partial charge in [-0.2, -0.15) is 0 Å². The summed E-state index contributed by atoms with van der Waals surface area (Å²) >= 11 is 0. The summed E-state index contributed by atoms with van der Waals surface area (Å²) in [6, 6.07) is 7.18. The summed E-state index contributed by atoms with van der Waals surface area (Å²) in [6.07, 6.45) is 5.82. The quantitative estimate of drug-likeness (QED) is 0.547. The van der Waals surface area contributed by atoms with Gasteiger partial charge < -0.3 is 0 Å². The van der Waals surface area contributed by atoms with Crippen LogP contribution in [0, 0.1) is 12.3 Å². The first-order valence-electron chi connectivity index (χ1n) is 5.10. The van der Waals surface area contributed by atoms with E-state index in [1.54, 1.807) is 12.1 Å². The molecule has 1 aromatic carbocycles. The van der Waals surface area contributed by atoms with Crippen LogP contribution in [0.3, 0.4) is 0 Å². The first-order chi connectivity index (χ1) is 7.74. The van der Waals surface area contributed by atoms with Gasteiger partial charge in [-0.25, -0.2) is 0 Å². The van der Waals surface area contributed by atoms with Gasteiger partial charge in [-0.1, -0.05) is 18.2 Å². The maximum absolute atomic E-state index is 12.0. The first kappa shape index (κ1) is 10.4. The van der Waals surface area contributed by atoms with Gasteiger partial charge in [0.25, 0.3) is 5.91 Å². The van der Waals surface area contributed by atoms with Gasteiger partial charge in [-0.15, -0.1) is 12.3 Å². The summed E-state index contributed by atoms with van der Waals surface area (Å²) in [5, 5.41) is 0. The average molecular weight is 213 g/mol. The van der Waals surface area contributed by atoms with Crippen LogP contribution in [0.4, 0.5) is 0 Å². The molecule has 0 N–H and O–H groups in total. The number of nitrogens with zero attached hydrogens (tertiary/aromatic N) is 1. The molecule has 0 aromatic heterocycles. The summed E-state index contributed by atoms with van der Waals surface area (Å²) < 4.78 is 0. The molecular weight excluding hydrogens is 202 g/mol. The van der Waals surface area contributed by atoms with Crippen molar-refractivity contribution in [1.82, 2.24) is 4.90 Å². The molecule has 0 saturated heterocycles. The topological polar surface area (TPSA) is 37.4 Å². The van der Waals surface area contributed by atoms with Gasteiger partial charge in [-0.3, -0.25) is 14.5 Å². The van der Waals surface area contributed by atoms with E-state index in [0.29, 0.717) is 18.5 Å². The highest BCUT2D eigenvalue weighted by Crippen LogP contribution is 2.19. The van der Waals surface area contributed by atoms with E-state index in [2.05, 4.69) is 5.92 Å².